The molecule has 1 atom stereocenters. The highest BCUT2D eigenvalue weighted by Crippen LogP contribution is 2.40. The number of nitrogens with zero attached hydrogens (tertiary/aromatic N) is 6. The average Bonchev–Trinajstić information content (AvgIpc) is 3.50. The molecular weight excluding hydrogens is 567 g/mol. The molecule has 3 amide bonds. The van der Waals surface area contributed by atoms with Crippen LogP contribution in [0.1, 0.15) is 85.2 Å². The highest BCUT2D eigenvalue weighted by Gasteiger charge is 2.33. The highest BCUT2D eigenvalue weighted by atomic mass is 19.4. The second-order valence-electron chi connectivity index (χ2n) is 10.7. The molecular formula is C26H33F5N8O3. The van der Waals surface area contributed by atoms with Crippen molar-refractivity contribution < 1.29 is 36.2 Å². The van der Waals surface area contributed by atoms with Crippen LogP contribution in [0, 0.1) is 5.92 Å². The van der Waals surface area contributed by atoms with Gasteiger partial charge < -0.3 is 15.5 Å². The number of amides is 3. The van der Waals surface area contributed by atoms with Gasteiger partial charge in [-0.15, -0.1) is 0 Å². The normalized spacial score (nSPS) is 19.8. The van der Waals surface area contributed by atoms with Crippen LogP contribution in [0.15, 0.2) is 23.1 Å². The molecule has 3 aromatic rings. The van der Waals surface area contributed by atoms with Crippen LogP contribution in [-0.2, 0) is 13.1 Å². The number of hydrogen-bond donors (Lipinski definition) is 2. The Morgan fingerprint density at radius 2 is 1.90 bits per heavy atom. The molecule has 6 rings (SSSR count). The van der Waals surface area contributed by atoms with Gasteiger partial charge in [-0.3, -0.25) is 4.79 Å². The first-order chi connectivity index (χ1) is 20.0. The fourth-order valence-electron chi connectivity index (χ4n) is 4.69. The molecule has 2 aliphatic carbocycles. The standard InChI is InChI=1S/C19H22N8O3.C6H10F2.CHF3/c1-11-5-21-19(29)26(8-11)9-12-4-15-23-14(10-27(15)22-6-12)7-20-18(28)17-16(13-2-3-13)24-30-25-17;7-6(8)4-2-1-3-5-6;2-1(3)4/h4,6,10-11,13H,2-3,5,7-9H2,1H3,(H,20,28)(H,21,29);1-5H2;1H. The van der Waals surface area contributed by atoms with E-state index >= 15 is 0 Å². The van der Waals surface area contributed by atoms with E-state index in [1.54, 1.807) is 21.8 Å². The number of carbonyl (C=O) groups excluding carboxylic acids is 2. The molecule has 11 nitrogen and oxygen atoms in total. The summed E-state index contributed by atoms with van der Waals surface area (Å²) in [6.45, 7) is 0.561. The molecule has 42 heavy (non-hydrogen) atoms. The van der Waals surface area contributed by atoms with Crippen molar-refractivity contribution in [3.8, 4) is 0 Å². The fourth-order valence-corrected chi connectivity index (χ4v) is 4.69. The maximum Gasteiger partial charge on any atom is 0.379 e. The average molecular weight is 601 g/mol. The van der Waals surface area contributed by atoms with Crippen molar-refractivity contribution in [1.29, 1.82) is 0 Å². The fraction of sp³-hybridized carbons (Fsp3) is 0.615. The summed E-state index contributed by atoms with van der Waals surface area (Å²) < 4.78 is 59.8. The zero-order valence-corrected chi connectivity index (χ0v) is 23.0. The number of hydrogen-bond acceptors (Lipinski definition) is 7. The van der Waals surface area contributed by atoms with Gasteiger partial charge >= 0.3 is 12.7 Å². The zero-order chi connectivity index (χ0) is 30.3. The van der Waals surface area contributed by atoms with Crippen LogP contribution in [0.3, 0.4) is 0 Å². The third-order valence-corrected chi connectivity index (χ3v) is 6.93. The largest absolute Gasteiger partial charge is 0.379 e. The van der Waals surface area contributed by atoms with E-state index in [9.17, 15) is 31.5 Å². The Labute approximate surface area is 238 Å². The molecule has 0 aromatic carbocycles. The van der Waals surface area contributed by atoms with E-state index < -0.39 is 12.6 Å². The number of carbonyl (C=O) groups is 2. The molecule has 4 heterocycles. The molecule has 230 valence electrons. The minimum Gasteiger partial charge on any atom is -0.345 e. The second kappa shape index (κ2) is 13.9. The first-order valence-corrected chi connectivity index (χ1v) is 13.8. The predicted molar refractivity (Wildman–Crippen MR) is 139 cm³/mol. The number of halogens is 5. The summed E-state index contributed by atoms with van der Waals surface area (Å²) in [6.07, 6.45) is 8.17. The van der Waals surface area contributed by atoms with E-state index in [-0.39, 0.29) is 42.9 Å². The van der Waals surface area contributed by atoms with Crippen LogP contribution in [0.4, 0.5) is 26.7 Å². The summed E-state index contributed by atoms with van der Waals surface area (Å²) in [5, 5.41) is 17.7. The van der Waals surface area contributed by atoms with E-state index in [2.05, 4.69) is 38.0 Å². The Morgan fingerprint density at radius 3 is 2.55 bits per heavy atom. The summed E-state index contributed by atoms with van der Waals surface area (Å²) in [5.41, 5.74) is 3.10. The molecule has 3 aliphatic rings. The van der Waals surface area contributed by atoms with Crippen LogP contribution in [0.25, 0.3) is 5.65 Å². The van der Waals surface area contributed by atoms with Gasteiger partial charge in [0.05, 0.1) is 24.6 Å². The summed E-state index contributed by atoms with van der Waals surface area (Å²) in [7, 11) is 0. The Kier molecular flexibility index (Phi) is 10.3. The van der Waals surface area contributed by atoms with Crippen LogP contribution in [-0.4, -0.2) is 67.4 Å². The Bertz CT molecular complexity index is 1340. The first-order valence-electron chi connectivity index (χ1n) is 13.8. The molecule has 2 saturated carbocycles. The van der Waals surface area contributed by atoms with Gasteiger partial charge in [-0.2, -0.15) is 18.3 Å². The van der Waals surface area contributed by atoms with Crippen molar-refractivity contribution in [3.05, 3.63) is 41.1 Å². The van der Waals surface area contributed by atoms with Crippen molar-refractivity contribution >= 4 is 17.6 Å². The lowest BCUT2D eigenvalue weighted by atomic mass is 9.97. The monoisotopic (exact) mass is 600 g/mol. The van der Waals surface area contributed by atoms with Crippen molar-refractivity contribution in [1.82, 2.24) is 40.4 Å². The zero-order valence-electron chi connectivity index (χ0n) is 23.0. The molecule has 3 fully saturated rings. The van der Waals surface area contributed by atoms with Crippen molar-refractivity contribution in [3.63, 3.8) is 0 Å². The van der Waals surface area contributed by atoms with Crippen LogP contribution in [0.2, 0.25) is 0 Å². The maximum absolute atomic E-state index is 12.4. The van der Waals surface area contributed by atoms with Gasteiger partial charge in [-0.25, -0.2) is 27.7 Å². The Balaban J connectivity index is 0.000000283. The number of alkyl halides is 5. The van der Waals surface area contributed by atoms with E-state index in [0.29, 0.717) is 55.4 Å². The molecule has 0 spiro atoms. The number of imidazole rings is 1. The number of fused-ring (bicyclic) bond motifs is 1. The molecule has 1 saturated heterocycles. The van der Waals surface area contributed by atoms with Gasteiger partial charge in [0, 0.05) is 38.4 Å². The smallest absolute Gasteiger partial charge is 0.345 e. The topological polar surface area (TPSA) is 131 Å². The lowest BCUT2D eigenvalue weighted by molar-refractivity contribution is -0.0337. The van der Waals surface area contributed by atoms with E-state index in [0.717, 1.165) is 24.8 Å². The molecule has 1 aliphatic heterocycles. The van der Waals surface area contributed by atoms with E-state index in [1.165, 1.54) is 0 Å². The van der Waals surface area contributed by atoms with Crippen molar-refractivity contribution in [2.75, 3.05) is 13.1 Å². The van der Waals surface area contributed by atoms with E-state index in [1.807, 2.05) is 6.07 Å². The van der Waals surface area contributed by atoms with Crippen molar-refractivity contribution in [2.45, 2.75) is 83.5 Å². The number of nitrogens with one attached hydrogen (secondary N) is 2. The molecule has 0 bridgehead atoms. The minimum atomic E-state index is -3.67. The highest BCUT2D eigenvalue weighted by molar-refractivity contribution is 5.93. The maximum atomic E-state index is 12.4. The van der Waals surface area contributed by atoms with Crippen LogP contribution < -0.4 is 10.6 Å². The number of aromatic nitrogens is 5. The summed E-state index contributed by atoms with van der Waals surface area (Å²) in [6, 6.07) is 1.84. The molecule has 0 radical (unpaired) electrons. The molecule has 3 aromatic heterocycles. The van der Waals surface area contributed by atoms with Crippen LogP contribution >= 0.6 is 0 Å². The Hall–Kier alpha value is -3.85. The first kappa shape index (κ1) is 31.1. The van der Waals surface area contributed by atoms with Gasteiger partial charge in [0.1, 0.15) is 5.69 Å². The summed E-state index contributed by atoms with van der Waals surface area (Å²) in [5.74, 6) is -1.96. The lowest BCUT2D eigenvalue weighted by Crippen LogP contribution is -2.49. The predicted octanol–water partition coefficient (Wildman–Crippen LogP) is 4.85. The molecule has 16 heteroatoms. The molecule has 1 unspecified atom stereocenters. The van der Waals surface area contributed by atoms with Crippen LogP contribution in [0.5, 0.6) is 0 Å². The third-order valence-electron chi connectivity index (χ3n) is 6.93. The van der Waals surface area contributed by atoms with Crippen molar-refractivity contribution in [2.24, 2.45) is 5.92 Å². The van der Waals surface area contributed by atoms with Gasteiger partial charge in [0.15, 0.2) is 11.3 Å². The van der Waals surface area contributed by atoms with E-state index in [4.69, 9.17) is 4.63 Å². The van der Waals surface area contributed by atoms with Gasteiger partial charge in [-0.1, -0.05) is 18.5 Å². The van der Waals surface area contributed by atoms with Gasteiger partial charge in [0.2, 0.25) is 5.92 Å². The molecule has 2 N–H and O–H groups in total. The minimum absolute atomic E-state index is 0.0624. The number of urea groups is 1. The SMILES string of the molecule is CC1CNC(=O)N(Cc2cnn3cc(CNC(=O)c4nonc4C4CC4)nc3c2)C1.FC(F)F.FC1(F)CCCCC1. The third kappa shape index (κ3) is 9.08. The quantitative estimate of drug-likeness (QED) is 0.387. The lowest BCUT2D eigenvalue weighted by Gasteiger charge is -2.31. The van der Waals surface area contributed by atoms with Gasteiger partial charge in [-0.05, 0) is 48.4 Å². The summed E-state index contributed by atoms with van der Waals surface area (Å²) >= 11 is 0. The second-order valence-corrected chi connectivity index (χ2v) is 10.7. The Morgan fingerprint density at radius 1 is 1.19 bits per heavy atom. The summed E-state index contributed by atoms with van der Waals surface area (Å²) in [4.78, 5) is 30.8. The number of rotatable bonds is 6. The van der Waals surface area contributed by atoms with Gasteiger partial charge in [0.25, 0.3) is 5.91 Å².